The van der Waals surface area contributed by atoms with E-state index in [2.05, 4.69) is 19.1 Å². The lowest BCUT2D eigenvalue weighted by molar-refractivity contribution is 0.246. The standard InChI is InChI=1S/C18H23F3/c1-3-4-5-12(2)13-6-8-14(9-7-13)15-10-16(19)18(21)17(20)11-15/h3-4,10-14H,5-9H2,1-2H3/b4-3+. The highest BCUT2D eigenvalue weighted by molar-refractivity contribution is 5.23. The van der Waals surface area contributed by atoms with Crippen LogP contribution in [0.4, 0.5) is 13.2 Å². The first-order valence-electron chi connectivity index (χ1n) is 7.78. The zero-order chi connectivity index (χ0) is 15.4. The Hall–Kier alpha value is -1.25. The molecule has 0 spiro atoms. The molecule has 0 amide bonds. The average Bonchev–Trinajstić information content (AvgIpc) is 2.50. The minimum Gasteiger partial charge on any atom is -0.204 e. The topological polar surface area (TPSA) is 0 Å². The molecule has 1 unspecified atom stereocenters. The summed E-state index contributed by atoms with van der Waals surface area (Å²) in [7, 11) is 0. The van der Waals surface area contributed by atoms with Gasteiger partial charge in [0.2, 0.25) is 0 Å². The molecule has 0 saturated heterocycles. The van der Waals surface area contributed by atoms with E-state index in [-0.39, 0.29) is 5.92 Å². The zero-order valence-electron chi connectivity index (χ0n) is 12.7. The molecule has 1 aromatic rings. The molecule has 1 aromatic carbocycles. The molecule has 3 heteroatoms. The van der Waals surface area contributed by atoms with Gasteiger partial charge < -0.3 is 0 Å². The second kappa shape index (κ2) is 7.15. The highest BCUT2D eigenvalue weighted by atomic mass is 19.2. The molecule has 0 nitrogen and oxygen atoms in total. The maximum atomic E-state index is 13.3. The largest absolute Gasteiger partial charge is 0.204 e. The maximum absolute atomic E-state index is 13.3. The van der Waals surface area contributed by atoms with Crippen LogP contribution in [0.25, 0.3) is 0 Å². The third-order valence-corrected chi connectivity index (χ3v) is 4.80. The molecule has 1 aliphatic carbocycles. The van der Waals surface area contributed by atoms with Crippen LogP contribution in [0, 0.1) is 29.3 Å². The van der Waals surface area contributed by atoms with E-state index in [1.807, 2.05) is 6.92 Å². The van der Waals surface area contributed by atoms with E-state index >= 15 is 0 Å². The Balaban J connectivity index is 1.98. The maximum Gasteiger partial charge on any atom is 0.194 e. The number of hydrogen-bond donors (Lipinski definition) is 0. The molecule has 1 atom stereocenters. The summed E-state index contributed by atoms with van der Waals surface area (Å²) in [5.41, 5.74) is 0.603. The Labute approximate surface area is 125 Å². The Kier molecular flexibility index (Phi) is 5.49. The summed E-state index contributed by atoms with van der Waals surface area (Å²) in [5.74, 6) is -2.05. The highest BCUT2D eigenvalue weighted by Gasteiger charge is 2.26. The first-order chi connectivity index (χ1) is 10.0. The van der Waals surface area contributed by atoms with Crippen molar-refractivity contribution in [1.29, 1.82) is 0 Å². The minimum absolute atomic E-state index is 0.153. The van der Waals surface area contributed by atoms with Crippen molar-refractivity contribution in [3.8, 4) is 0 Å². The molecule has 0 aromatic heterocycles. The second-order valence-electron chi connectivity index (χ2n) is 6.19. The van der Waals surface area contributed by atoms with Crippen LogP contribution in [0.5, 0.6) is 0 Å². The number of halogens is 3. The molecule has 21 heavy (non-hydrogen) atoms. The third-order valence-electron chi connectivity index (χ3n) is 4.80. The molecule has 2 rings (SSSR count). The van der Waals surface area contributed by atoms with Crippen LogP contribution in [0.2, 0.25) is 0 Å². The Morgan fingerprint density at radius 2 is 1.67 bits per heavy atom. The van der Waals surface area contributed by atoms with Crippen molar-refractivity contribution in [2.24, 2.45) is 11.8 Å². The van der Waals surface area contributed by atoms with Gasteiger partial charge in [-0.2, -0.15) is 0 Å². The summed E-state index contributed by atoms with van der Waals surface area (Å²) < 4.78 is 39.6. The van der Waals surface area contributed by atoms with Crippen molar-refractivity contribution in [1.82, 2.24) is 0 Å². The van der Waals surface area contributed by atoms with Gasteiger partial charge in [0.1, 0.15) is 0 Å². The lowest BCUT2D eigenvalue weighted by atomic mass is 9.73. The number of benzene rings is 1. The van der Waals surface area contributed by atoms with Crippen LogP contribution in [-0.4, -0.2) is 0 Å². The fourth-order valence-electron chi connectivity index (χ4n) is 3.38. The summed E-state index contributed by atoms with van der Waals surface area (Å²) in [6.45, 7) is 4.30. The van der Waals surface area contributed by atoms with Gasteiger partial charge in [0.25, 0.3) is 0 Å². The number of allylic oxidation sites excluding steroid dienone is 2. The van der Waals surface area contributed by atoms with E-state index < -0.39 is 17.5 Å². The van der Waals surface area contributed by atoms with Crippen LogP contribution in [0.1, 0.15) is 57.4 Å². The molecular formula is C18H23F3. The van der Waals surface area contributed by atoms with Crippen molar-refractivity contribution in [3.05, 3.63) is 47.3 Å². The van der Waals surface area contributed by atoms with Gasteiger partial charge in [0, 0.05) is 0 Å². The molecular weight excluding hydrogens is 273 g/mol. The molecule has 0 heterocycles. The van der Waals surface area contributed by atoms with Gasteiger partial charge >= 0.3 is 0 Å². The van der Waals surface area contributed by atoms with Gasteiger partial charge in [0.15, 0.2) is 17.5 Å². The van der Waals surface area contributed by atoms with Crippen molar-refractivity contribution in [2.45, 2.75) is 51.9 Å². The minimum atomic E-state index is -1.37. The first kappa shape index (κ1) is 16.1. The molecule has 0 N–H and O–H groups in total. The fourth-order valence-corrected chi connectivity index (χ4v) is 3.38. The lowest BCUT2D eigenvalue weighted by Crippen LogP contribution is -2.19. The predicted molar refractivity (Wildman–Crippen MR) is 79.6 cm³/mol. The Morgan fingerprint density at radius 3 is 2.19 bits per heavy atom. The number of rotatable bonds is 4. The average molecular weight is 296 g/mol. The summed E-state index contributed by atoms with van der Waals surface area (Å²) in [4.78, 5) is 0. The molecule has 0 bridgehead atoms. The van der Waals surface area contributed by atoms with Gasteiger partial charge in [0.05, 0.1) is 0 Å². The zero-order valence-corrected chi connectivity index (χ0v) is 12.7. The monoisotopic (exact) mass is 296 g/mol. The van der Waals surface area contributed by atoms with E-state index in [9.17, 15) is 13.2 Å². The van der Waals surface area contributed by atoms with Crippen molar-refractivity contribution in [2.75, 3.05) is 0 Å². The molecule has 1 saturated carbocycles. The normalized spacial score (nSPS) is 24.4. The van der Waals surface area contributed by atoms with Gasteiger partial charge in [-0.3, -0.25) is 0 Å². The van der Waals surface area contributed by atoms with E-state index in [1.165, 1.54) is 0 Å². The van der Waals surface area contributed by atoms with Gasteiger partial charge in [-0.25, -0.2) is 13.2 Å². The molecule has 0 radical (unpaired) electrons. The number of hydrogen-bond acceptors (Lipinski definition) is 0. The van der Waals surface area contributed by atoms with Crippen LogP contribution in [0.15, 0.2) is 24.3 Å². The van der Waals surface area contributed by atoms with Gasteiger partial charge in [-0.15, -0.1) is 0 Å². The van der Waals surface area contributed by atoms with Crippen molar-refractivity contribution < 1.29 is 13.2 Å². The Morgan fingerprint density at radius 1 is 1.10 bits per heavy atom. The van der Waals surface area contributed by atoms with Crippen LogP contribution in [-0.2, 0) is 0 Å². The SMILES string of the molecule is C/C=C/CC(C)C1CCC(c2cc(F)c(F)c(F)c2)CC1. The molecule has 1 aliphatic rings. The summed E-state index contributed by atoms with van der Waals surface area (Å²) in [6.07, 6.45) is 9.36. The molecule has 1 fully saturated rings. The van der Waals surface area contributed by atoms with Crippen LogP contribution in [0.3, 0.4) is 0 Å². The van der Waals surface area contributed by atoms with E-state index in [0.717, 1.165) is 44.2 Å². The third kappa shape index (κ3) is 3.90. The second-order valence-corrected chi connectivity index (χ2v) is 6.19. The molecule has 0 aliphatic heterocycles. The van der Waals surface area contributed by atoms with Gasteiger partial charge in [-0.05, 0) is 74.5 Å². The summed E-state index contributed by atoms with van der Waals surface area (Å²) in [5, 5.41) is 0. The highest BCUT2D eigenvalue weighted by Crippen LogP contribution is 2.40. The van der Waals surface area contributed by atoms with Crippen LogP contribution < -0.4 is 0 Å². The molecule has 116 valence electrons. The summed E-state index contributed by atoms with van der Waals surface area (Å²) in [6, 6.07) is 2.32. The van der Waals surface area contributed by atoms with E-state index in [4.69, 9.17) is 0 Å². The smallest absolute Gasteiger partial charge is 0.194 e. The van der Waals surface area contributed by atoms with Crippen molar-refractivity contribution >= 4 is 0 Å². The van der Waals surface area contributed by atoms with Crippen LogP contribution >= 0.6 is 0 Å². The first-order valence-corrected chi connectivity index (χ1v) is 7.78. The predicted octanol–water partition coefficient (Wildman–Crippen LogP) is 5.98. The van der Waals surface area contributed by atoms with Gasteiger partial charge in [-0.1, -0.05) is 19.1 Å². The quantitative estimate of drug-likeness (QED) is 0.473. The Bertz CT molecular complexity index is 476. The van der Waals surface area contributed by atoms with E-state index in [0.29, 0.717) is 17.4 Å². The summed E-state index contributed by atoms with van der Waals surface area (Å²) >= 11 is 0. The van der Waals surface area contributed by atoms with Crippen molar-refractivity contribution in [3.63, 3.8) is 0 Å². The van der Waals surface area contributed by atoms with E-state index in [1.54, 1.807) is 0 Å². The lowest BCUT2D eigenvalue weighted by Gasteiger charge is -2.32. The fraction of sp³-hybridized carbons (Fsp3) is 0.556.